The molecular formula is C18H14FNO. The third-order valence-corrected chi connectivity index (χ3v) is 3.54. The van der Waals surface area contributed by atoms with Crippen molar-refractivity contribution in [1.82, 2.24) is 4.98 Å². The Balaban J connectivity index is 2.13. The van der Waals surface area contributed by atoms with Crippen molar-refractivity contribution < 1.29 is 9.18 Å². The molecule has 0 aliphatic heterocycles. The number of carbonyl (C=O) groups is 1. The van der Waals surface area contributed by atoms with Crippen molar-refractivity contribution in [2.24, 2.45) is 0 Å². The van der Waals surface area contributed by atoms with Crippen LogP contribution in [0.1, 0.15) is 16.8 Å². The summed E-state index contributed by atoms with van der Waals surface area (Å²) < 4.78 is 13.4. The van der Waals surface area contributed by atoms with Gasteiger partial charge in [-0.1, -0.05) is 36.4 Å². The number of hydrogen-bond donors (Lipinski definition) is 0. The first-order chi connectivity index (χ1) is 10.3. The molecule has 0 saturated carbocycles. The highest BCUT2D eigenvalue weighted by molar-refractivity contribution is 5.86. The summed E-state index contributed by atoms with van der Waals surface area (Å²) in [6.45, 7) is 0. The summed E-state index contributed by atoms with van der Waals surface area (Å²) in [5, 5.41) is 2.09. The lowest BCUT2D eigenvalue weighted by molar-refractivity contribution is -0.107. The summed E-state index contributed by atoms with van der Waals surface area (Å²) in [6.07, 6.45) is 3.47. The molecule has 0 unspecified atom stereocenters. The summed E-state index contributed by atoms with van der Waals surface area (Å²) in [5.74, 6) is -0.252. The number of pyridine rings is 1. The average Bonchev–Trinajstić information content (AvgIpc) is 2.50. The quantitative estimate of drug-likeness (QED) is 0.681. The topological polar surface area (TPSA) is 30.0 Å². The maximum atomic E-state index is 13.4. The van der Waals surface area contributed by atoms with Crippen LogP contribution in [0.3, 0.4) is 0 Å². The number of benzene rings is 2. The van der Waals surface area contributed by atoms with Gasteiger partial charge in [0.1, 0.15) is 12.1 Å². The van der Waals surface area contributed by atoms with Crippen LogP contribution < -0.4 is 0 Å². The highest BCUT2D eigenvalue weighted by atomic mass is 19.1. The van der Waals surface area contributed by atoms with Crippen LogP contribution in [0.5, 0.6) is 0 Å². The van der Waals surface area contributed by atoms with Crippen LogP contribution in [0.2, 0.25) is 0 Å². The molecule has 1 aromatic heterocycles. The van der Waals surface area contributed by atoms with E-state index in [9.17, 15) is 9.18 Å². The molecule has 1 heterocycles. The molecule has 0 bridgehead atoms. The van der Waals surface area contributed by atoms with E-state index in [-0.39, 0.29) is 12.2 Å². The first-order valence-electron chi connectivity index (χ1n) is 6.81. The van der Waals surface area contributed by atoms with Gasteiger partial charge in [0.05, 0.1) is 5.69 Å². The molecule has 0 N–H and O–H groups in total. The van der Waals surface area contributed by atoms with Crippen LogP contribution >= 0.6 is 0 Å². The second kappa shape index (κ2) is 5.83. The van der Waals surface area contributed by atoms with Crippen LogP contribution in [-0.4, -0.2) is 11.3 Å². The van der Waals surface area contributed by atoms with Crippen molar-refractivity contribution in [1.29, 1.82) is 0 Å². The Hall–Kier alpha value is -2.55. The normalized spacial score (nSPS) is 10.7. The fourth-order valence-electron chi connectivity index (χ4n) is 2.57. The molecule has 0 atom stereocenters. The monoisotopic (exact) mass is 279 g/mol. The Labute approximate surface area is 122 Å². The van der Waals surface area contributed by atoms with Crippen molar-refractivity contribution >= 4 is 17.1 Å². The molecule has 0 aliphatic rings. The zero-order valence-electron chi connectivity index (χ0n) is 11.4. The average molecular weight is 279 g/mol. The lowest BCUT2D eigenvalue weighted by Gasteiger charge is -2.11. The van der Waals surface area contributed by atoms with E-state index in [0.29, 0.717) is 6.42 Å². The summed E-state index contributed by atoms with van der Waals surface area (Å²) in [4.78, 5) is 15.3. The molecule has 2 aromatic carbocycles. The predicted octanol–water partition coefficient (Wildman–Crippen LogP) is 3.71. The van der Waals surface area contributed by atoms with Crippen LogP contribution in [0.15, 0.2) is 54.7 Å². The molecule has 0 aliphatic carbocycles. The smallest absolute Gasteiger partial charge is 0.125 e. The number of carbonyl (C=O) groups excluding carboxylic acids is 1. The second-order valence-electron chi connectivity index (χ2n) is 4.95. The van der Waals surface area contributed by atoms with Crippen molar-refractivity contribution in [3.63, 3.8) is 0 Å². The molecule has 21 heavy (non-hydrogen) atoms. The van der Waals surface area contributed by atoms with Gasteiger partial charge in [0.15, 0.2) is 0 Å². The predicted molar refractivity (Wildman–Crippen MR) is 80.7 cm³/mol. The highest BCUT2D eigenvalue weighted by Gasteiger charge is 2.10. The van der Waals surface area contributed by atoms with Gasteiger partial charge in [-0.15, -0.1) is 0 Å². The van der Waals surface area contributed by atoms with E-state index in [2.05, 4.69) is 4.98 Å². The zero-order chi connectivity index (χ0) is 14.7. The molecule has 3 heteroatoms. The Kier molecular flexibility index (Phi) is 3.73. The Morgan fingerprint density at radius 3 is 2.76 bits per heavy atom. The summed E-state index contributed by atoms with van der Waals surface area (Å²) in [7, 11) is 0. The van der Waals surface area contributed by atoms with Gasteiger partial charge in [0, 0.05) is 18.0 Å². The van der Waals surface area contributed by atoms with Crippen molar-refractivity contribution in [2.45, 2.75) is 12.8 Å². The van der Waals surface area contributed by atoms with Crippen molar-refractivity contribution in [2.75, 3.05) is 0 Å². The lowest BCUT2D eigenvalue weighted by Crippen LogP contribution is -2.01. The van der Waals surface area contributed by atoms with Crippen molar-refractivity contribution in [3.8, 4) is 0 Å². The molecule has 0 radical (unpaired) electrons. The fourth-order valence-corrected chi connectivity index (χ4v) is 2.57. The van der Waals surface area contributed by atoms with E-state index in [1.165, 1.54) is 12.1 Å². The molecule has 104 valence electrons. The molecule has 2 nitrogen and oxygen atoms in total. The maximum Gasteiger partial charge on any atom is 0.125 e. The summed E-state index contributed by atoms with van der Waals surface area (Å²) >= 11 is 0. The van der Waals surface area contributed by atoms with E-state index in [4.69, 9.17) is 0 Å². The van der Waals surface area contributed by atoms with Gasteiger partial charge in [-0.05, 0) is 35.1 Å². The number of nitrogens with zero attached hydrogens (tertiary/aromatic N) is 1. The van der Waals surface area contributed by atoms with Crippen LogP contribution in [0.4, 0.5) is 4.39 Å². The minimum Gasteiger partial charge on any atom is -0.303 e. The van der Waals surface area contributed by atoms with Gasteiger partial charge in [-0.3, -0.25) is 4.98 Å². The Bertz CT molecular complexity index is 798. The first kappa shape index (κ1) is 13.4. The standard InChI is InChI=1S/C18H14FNO/c19-15-6-3-4-13(10-15)11-17-16-7-2-1-5-14(16)12-20-18(17)8-9-21/h1-7,9-10,12H,8,11H2. The number of halogens is 1. The third kappa shape index (κ3) is 2.82. The first-order valence-corrected chi connectivity index (χ1v) is 6.81. The Morgan fingerprint density at radius 1 is 1.10 bits per heavy atom. The number of aromatic nitrogens is 1. The van der Waals surface area contributed by atoms with Gasteiger partial charge in [-0.2, -0.15) is 0 Å². The summed E-state index contributed by atoms with van der Waals surface area (Å²) in [6, 6.07) is 14.4. The fraction of sp³-hybridized carbons (Fsp3) is 0.111. The minimum atomic E-state index is -0.252. The van der Waals surface area contributed by atoms with E-state index >= 15 is 0 Å². The number of rotatable bonds is 4. The van der Waals surface area contributed by atoms with E-state index in [1.807, 2.05) is 30.3 Å². The van der Waals surface area contributed by atoms with Crippen LogP contribution in [-0.2, 0) is 17.6 Å². The van der Waals surface area contributed by atoms with E-state index in [0.717, 1.165) is 33.9 Å². The lowest BCUT2D eigenvalue weighted by atomic mass is 9.96. The van der Waals surface area contributed by atoms with Gasteiger partial charge in [-0.25, -0.2) is 4.39 Å². The summed E-state index contributed by atoms with van der Waals surface area (Å²) in [5.41, 5.74) is 2.62. The second-order valence-corrected chi connectivity index (χ2v) is 4.95. The SMILES string of the molecule is O=CCc1ncc2ccccc2c1Cc1cccc(F)c1. The Morgan fingerprint density at radius 2 is 1.95 bits per heavy atom. The van der Waals surface area contributed by atoms with E-state index in [1.54, 1.807) is 12.3 Å². The minimum absolute atomic E-state index is 0.252. The highest BCUT2D eigenvalue weighted by Crippen LogP contribution is 2.24. The number of fused-ring (bicyclic) bond motifs is 1. The number of hydrogen-bond acceptors (Lipinski definition) is 2. The third-order valence-electron chi connectivity index (χ3n) is 3.54. The molecule has 0 spiro atoms. The largest absolute Gasteiger partial charge is 0.303 e. The van der Waals surface area contributed by atoms with Crippen molar-refractivity contribution in [3.05, 3.63) is 77.4 Å². The molecule has 0 saturated heterocycles. The van der Waals surface area contributed by atoms with Gasteiger partial charge in [0.25, 0.3) is 0 Å². The molecule has 0 fully saturated rings. The number of aldehydes is 1. The van der Waals surface area contributed by atoms with Gasteiger partial charge >= 0.3 is 0 Å². The molecule has 0 amide bonds. The molecule has 3 aromatic rings. The van der Waals surface area contributed by atoms with Crippen LogP contribution in [0, 0.1) is 5.82 Å². The molecular weight excluding hydrogens is 265 g/mol. The van der Waals surface area contributed by atoms with E-state index < -0.39 is 0 Å². The molecule has 3 rings (SSSR count). The van der Waals surface area contributed by atoms with Gasteiger partial charge < -0.3 is 4.79 Å². The van der Waals surface area contributed by atoms with Crippen LogP contribution in [0.25, 0.3) is 10.8 Å². The van der Waals surface area contributed by atoms with Gasteiger partial charge in [0.2, 0.25) is 0 Å². The zero-order valence-corrected chi connectivity index (χ0v) is 11.4. The maximum absolute atomic E-state index is 13.4.